The molecule has 7 aromatic rings. The largest absolute Gasteiger partial charge is 0.462 e. The van der Waals surface area contributed by atoms with Gasteiger partial charge in [-0.2, -0.15) is 5.09 Å². The Morgan fingerprint density at radius 1 is 0.746 bits per heavy atom. The Morgan fingerprint density at radius 2 is 1.29 bits per heavy atom. The van der Waals surface area contributed by atoms with E-state index in [0.29, 0.717) is 29.5 Å². The first-order valence-electron chi connectivity index (χ1n) is 19.9. The van der Waals surface area contributed by atoms with Crippen molar-refractivity contribution in [1.29, 1.82) is 0 Å². The number of para-hydroxylation sites is 2. The van der Waals surface area contributed by atoms with Crippen LogP contribution in [0.25, 0.3) is 21.9 Å². The van der Waals surface area contributed by atoms with Crippen LogP contribution in [0.2, 0.25) is 0 Å². The molecule has 0 spiro atoms. The SMILES string of the molecule is CCOCc1nc2c(NC(c3ccccc3)(c3ccccc3)c3ccccc3)nc3ccccc3c2n1C[C@H](C)O[P@@](=O)(N[C@@H](C)C(=O)OC(C)C)Oc1ccccc1. The molecule has 2 aromatic heterocycles. The van der Waals surface area contributed by atoms with Gasteiger partial charge in [0.15, 0.2) is 5.82 Å². The lowest BCUT2D eigenvalue weighted by Gasteiger charge is -2.37. The van der Waals surface area contributed by atoms with E-state index in [-0.39, 0.29) is 19.3 Å². The number of nitrogens with one attached hydrogen (secondary N) is 2. The molecular formula is C47H50N5O6P. The molecule has 0 radical (unpaired) electrons. The fourth-order valence-electron chi connectivity index (χ4n) is 7.28. The number of benzene rings is 5. The Hall–Kier alpha value is -5.84. The van der Waals surface area contributed by atoms with E-state index in [1.807, 2.05) is 103 Å². The highest BCUT2D eigenvalue weighted by molar-refractivity contribution is 7.52. The molecule has 59 heavy (non-hydrogen) atoms. The topological polar surface area (TPSA) is 126 Å². The minimum atomic E-state index is -4.19. The van der Waals surface area contributed by atoms with Crippen LogP contribution in [0.3, 0.4) is 0 Å². The number of carbonyl (C=O) groups is 1. The van der Waals surface area contributed by atoms with Crippen molar-refractivity contribution in [3.8, 4) is 5.75 Å². The summed E-state index contributed by atoms with van der Waals surface area (Å²) in [6.07, 6.45) is -1.09. The summed E-state index contributed by atoms with van der Waals surface area (Å²) in [5.41, 5.74) is 4.35. The van der Waals surface area contributed by atoms with Crippen LogP contribution in [-0.2, 0) is 42.0 Å². The Kier molecular flexibility index (Phi) is 12.9. The van der Waals surface area contributed by atoms with Gasteiger partial charge >= 0.3 is 13.7 Å². The molecule has 304 valence electrons. The summed E-state index contributed by atoms with van der Waals surface area (Å²) in [5, 5.41) is 7.65. The molecule has 0 aliphatic heterocycles. The van der Waals surface area contributed by atoms with E-state index in [2.05, 4.69) is 46.8 Å². The van der Waals surface area contributed by atoms with Crippen LogP contribution >= 0.6 is 7.75 Å². The molecule has 0 aliphatic rings. The standard InChI is InChI=1S/C47H50N5O6P/c1-6-55-32-42-49-43-44(52(42)31-34(4)57-59(54,58-39-27-17-10-18-28-39)51-35(5)46(53)56-33(2)3)40-29-19-20-30-41(40)48-45(43)50-47(36-21-11-7-12-22-36,37-23-13-8-14-24-37)38-25-15-9-16-26-38/h7-30,33-35H,6,31-32H2,1-5H3,(H,48,50)(H,51,54)/t34-,35-,59-/m0/s1. The average Bonchev–Trinajstić information content (AvgIpc) is 3.60. The van der Waals surface area contributed by atoms with Crippen LogP contribution in [0.15, 0.2) is 146 Å². The summed E-state index contributed by atoms with van der Waals surface area (Å²) in [5.74, 6) is 0.933. The minimum absolute atomic E-state index is 0.196. The van der Waals surface area contributed by atoms with Crippen molar-refractivity contribution < 1.29 is 27.9 Å². The summed E-state index contributed by atoms with van der Waals surface area (Å²) in [6.45, 7) is 9.68. The second-order valence-corrected chi connectivity index (χ2v) is 16.2. The van der Waals surface area contributed by atoms with E-state index in [1.54, 1.807) is 45.0 Å². The number of hydrogen-bond acceptors (Lipinski definition) is 9. The second-order valence-electron chi connectivity index (χ2n) is 14.6. The monoisotopic (exact) mass is 811 g/mol. The van der Waals surface area contributed by atoms with Gasteiger partial charge in [0, 0.05) is 12.0 Å². The van der Waals surface area contributed by atoms with Crippen molar-refractivity contribution in [2.24, 2.45) is 0 Å². The number of fused-ring (bicyclic) bond motifs is 3. The number of carbonyl (C=O) groups excluding carboxylic acids is 1. The predicted molar refractivity (Wildman–Crippen MR) is 232 cm³/mol. The highest BCUT2D eigenvalue weighted by Gasteiger charge is 2.39. The Labute approximate surface area is 345 Å². The zero-order valence-electron chi connectivity index (χ0n) is 33.9. The fourth-order valence-corrected chi connectivity index (χ4v) is 8.95. The van der Waals surface area contributed by atoms with Crippen LogP contribution in [-0.4, -0.2) is 45.4 Å². The first-order chi connectivity index (χ1) is 28.6. The second kappa shape index (κ2) is 18.4. The molecule has 12 heteroatoms. The lowest BCUT2D eigenvalue weighted by molar-refractivity contribution is -0.149. The Bertz CT molecular complexity index is 2420. The minimum Gasteiger partial charge on any atom is -0.462 e. The summed E-state index contributed by atoms with van der Waals surface area (Å²) in [6, 6.07) is 46.7. The quantitative estimate of drug-likeness (QED) is 0.0491. The number of nitrogens with zero attached hydrogens (tertiary/aromatic N) is 3. The Morgan fingerprint density at radius 3 is 1.85 bits per heavy atom. The maximum atomic E-state index is 14.6. The zero-order valence-corrected chi connectivity index (χ0v) is 34.8. The van der Waals surface area contributed by atoms with Crippen LogP contribution in [0.5, 0.6) is 5.75 Å². The number of ether oxygens (including phenoxy) is 2. The molecular weight excluding hydrogens is 762 g/mol. The molecule has 0 saturated carbocycles. The lowest BCUT2D eigenvalue weighted by atomic mass is 9.77. The van der Waals surface area contributed by atoms with Crippen LogP contribution < -0.4 is 14.9 Å². The van der Waals surface area contributed by atoms with E-state index in [4.69, 9.17) is 28.5 Å². The van der Waals surface area contributed by atoms with Crippen molar-refractivity contribution in [2.45, 2.75) is 71.6 Å². The van der Waals surface area contributed by atoms with Gasteiger partial charge in [0.2, 0.25) is 0 Å². The molecule has 3 atom stereocenters. The zero-order chi connectivity index (χ0) is 41.4. The maximum Gasteiger partial charge on any atom is 0.459 e. The number of pyridine rings is 1. The van der Waals surface area contributed by atoms with Crippen molar-refractivity contribution >= 4 is 41.5 Å². The van der Waals surface area contributed by atoms with Crippen LogP contribution in [0.4, 0.5) is 5.82 Å². The molecule has 0 amide bonds. The molecule has 11 nitrogen and oxygen atoms in total. The van der Waals surface area contributed by atoms with Gasteiger partial charge in [-0.3, -0.25) is 9.32 Å². The average molecular weight is 812 g/mol. The van der Waals surface area contributed by atoms with Gasteiger partial charge < -0.3 is 23.9 Å². The normalized spacial score (nSPS) is 13.9. The molecule has 7 rings (SSSR count). The van der Waals surface area contributed by atoms with Crippen molar-refractivity contribution in [3.63, 3.8) is 0 Å². The third kappa shape index (κ3) is 9.24. The summed E-state index contributed by atoms with van der Waals surface area (Å²) >= 11 is 0. The van der Waals surface area contributed by atoms with E-state index in [0.717, 1.165) is 33.1 Å². The first-order valence-corrected chi connectivity index (χ1v) is 21.5. The van der Waals surface area contributed by atoms with Crippen molar-refractivity contribution in [3.05, 3.63) is 168 Å². The third-order valence-corrected chi connectivity index (χ3v) is 11.6. The number of imidazole rings is 1. The maximum absolute atomic E-state index is 14.6. The fraction of sp³-hybridized carbons (Fsp3) is 0.255. The number of rotatable bonds is 18. The Balaban J connectivity index is 1.36. The van der Waals surface area contributed by atoms with Crippen molar-refractivity contribution in [2.75, 3.05) is 11.9 Å². The predicted octanol–water partition coefficient (Wildman–Crippen LogP) is 10.0. The molecule has 2 heterocycles. The van der Waals surface area contributed by atoms with Crippen LogP contribution in [0.1, 0.15) is 57.1 Å². The summed E-state index contributed by atoms with van der Waals surface area (Å²) in [4.78, 5) is 23.4. The number of hydrogen-bond donors (Lipinski definition) is 2. The smallest absolute Gasteiger partial charge is 0.459 e. The van der Waals surface area contributed by atoms with Crippen molar-refractivity contribution in [1.82, 2.24) is 19.6 Å². The highest BCUT2D eigenvalue weighted by atomic mass is 31.2. The number of anilines is 1. The van der Waals surface area contributed by atoms with Gasteiger partial charge in [-0.25, -0.2) is 14.5 Å². The van der Waals surface area contributed by atoms with Gasteiger partial charge in [-0.15, -0.1) is 0 Å². The highest BCUT2D eigenvalue weighted by Crippen LogP contribution is 2.47. The number of esters is 1. The lowest BCUT2D eigenvalue weighted by Crippen LogP contribution is -2.38. The van der Waals surface area contributed by atoms with Gasteiger partial charge in [-0.1, -0.05) is 127 Å². The van der Waals surface area contributed by atoms with E-state index < -0.39 is 31.4 Å². The van der Waals surface area contributed by atoms with E-state index in [9.17, 15) is 9.36 Å². The molecule has 5 aromatic carbocycles. The van der Waals surface area contributed by atoms with Gasteiger partial charge in [-0.05, 0) is 69.5 Å². The molecule has 0 aliphatic carbocycles. The first kappa shape index (κ1) is 41.3. The van der Waals surface area contributed by atoms with Crippen LogP contribution in [0, 0.1) is 0 Å². The third-order valence-electron chi connectivity index (χ3n) is 9.81. The van der Waals surface area contributed by atoms with Gasteiger partial charge in [0.05, 0.1) is 29.8 Å². The summed E-state index contributed by atoms with van der Waals surface area (Å²) in [7, 11) is -4.19. The van der Waals surface area contributed by atoms with Gasteiger partial charge in [0.1, 0.15) is 35.3 Å². The summed E-state index contributed by atoms with van der Waals surface area (Å²) < 4.78 is 40.5. The molecule has 0 bridgehead atoms. The molecule has 0 saturated heterocycles. The number of aromatic nitrogens is 3. The molecule has 2 N–H and O–H groups in total. The van der Waals surface area contributed by atoms with E-state index in [1.165, 1.54) is 0 Å². The van der Waals surface area contributed by atoms with E-state index >= 15 is 0 Å². The molecule has 0 unspecified atom stereocenters. The molecule has 0 fully saturated rings. The van der Waals surface area contributed by atoms with Gasteiger partial charge in [0.25, 0.3) is 0 Å².